The molecule has 5 heteroatoms. The van der Waals surface area contributed by atoms with Crippen molar-refractivity contribution < 1.29 is 9.90 Å². The Morgan fingerprint density at radius 1 is 1.40 bits per heavy atom. The monoisotopic (exact) mass is 277 g/mol. The van der Waals surface area contributed by atoms with Crippen LogP contribution in [0.5, 0.6) is 0 Å². The van der Waals surface area contributed by atoms with E-state index in [0.29, 0.717) is 13.1 Å². The van der Waals surface area contributed by atoms with E-state index in [1.807, 2.05) is 40.8 Å². The summed E-state index contributed by atoms with van der Waals surface area (Å²) in [5.41, 5.74) is 2.22. The number of carbonyl (C=O) groups excluding carboxylic acids is 1. The fourth-order valence-electron chi connectivity index (χ4n) is 2.43. The van der Waals surface area contributed by atoms with Crippen LogP contribution in [0.3, 0.4) is 0 Å². The molecule has 0 saturated carbocycles. The summed E-state index contributed by atoms with van der Waals surface area (Å²) in [6.07, 6.45) is 3.38. The van der Waals surface area contributed by atoms with Gasteiger partial charge in [0.2, 0.25) is 5.91 Å². The van der Waals surface area contributed by atoms with E-state index in [-0.39, 0.29) is 11.8 Å². The van der Waals surface area contributed by atoms with Gasteiger partial charge in [0.25, 0.3) is 0 Å². The molecule has 0 aromatic carbocycles. The summed E-state index contributed by atoms with van der Waals surface area (Å²) in [5, 5.41) is 14.5. The van der Waals surface area contributed by atoms with Crippen molar-refractivity contribution in [2.24, 2.45) is 13.0 Å². The second kappa shape index (κ2) is 5.05. The number of aryl methyl sites for hydroxylation is 2. The van der Waals surface area contributed by atoms with Crippen molar-refractivity contribution in [1.29, 1.82) is 0 Å². The Balaban J connectivity index is 2.01. The van der Waals surface area contributed by atoms with Gasteiger partial charge < -0.3 is 10.0 Å². The maximum atomic E-state index is 12.0. The number of nitrogens with zero attached hydrogens (tertiary/aromatic N) is 3. The summed E-state index contributed by atoms with van der Waals surface area (Å²) in [4.78, 5) is 13.7. The molecule has 5 nitrogen and oxygen atoms in total. The number of aliphatic hydroxyl groups is 1. The predicted molar refractivity (Wildman–Crippen MR) is 78.1 cm³/mol. The topological polar surface area (TPSA) is 58.4 Å². The zero-order valence-corrected chi connectivity index (χ0v) is 12.8. The Labute approximate surface area is 119 Å². The molecule has 1 aliphatic rings. The molecule has 0 bridgehead atoms. The lowest BCUT2D eigenvalue weighted by molar-refractivity contribution is -0.158. The molecule has 1 aliphatic heterocycles. The van der Waals surface area contributed by atoms with Gasteiger partial charge in [-0.1, -0.05) is 13.8 Å². The Bertz CT molecular complexity index is 552. The largest absolute Gasteiger partial charge is 0.386 e. The van der Waals surface area contributed by atoms with Gasteiger partial charge in [0.1, 0.15) is 5.60 Å². The molecule has 1 amide bonds. The first-order chi connectivity index (χ1) is 9.24. The highest BCUT2D eigenvalue weighted by Crippen LogP contribution is 2.28. The maximum absolute atomic E-state index is 12.0. The summed E-state index contributed by atoms with van der Waals surface area (Å²) in [7, 11) is 1.89. The van der Waals surface area contributed by atoms with Gasteiger partial charge in [0, 0.05) is 24.4 Å². The van der Waals surface area contributed by atoms with Crippen molar-refractivity contribution >= 4 is 12.0 Å². The Kier molecular flexibility index (Phi) is 3.73. The van der Waals surface area contributed by atoms with Crippen LogP contribution in [0.2, 0.25) is 0 Å². The fraction of sp³-hybridized carbons (Fsp3) is 0.600. The minimum Gasteiger partial charge on any atom is -0.386 e. The summed E-state index contributed by atoms with van der Waals surface area (Å²) in [6, 6.07) is 0. The van der Waals surface area contributed by atoms with Crippen LogP contribution in [-0.4, -0.2) is 44.4 Å². The highest BCUT2D eigenvalue weighted by atomic mass is 16.3. The summed E-state index contributed by atoms with van der Waals surface area (Å²) >= 11 is 0. The minimum absolute atomic E-state index is 0.0574. The number of carbonyl (C=O) groups is 1. The van der Waals surface area contributed by atoms with Crippen LogP contribution in [0.15, 0.2) is 6.08 Å². The van der Waals surface area contributed by atoms with E-state index in [4.69, 9.17) is 0 Å². The van der Waals surface area contributed by atoms with E-state index < -0.39 is 5.60 Å². The van der Waals surface area contributed by atoms with Crippen molar-refractivity contribution in [2.75, 3.05) is 13.1 Å². The van der Waals surface area contributed by atoms with Crippen molar-refractivity contribution in [2.45, 2.75) is 33.3 Å². The first kappa shape index (κ1) is 14.8. The maximum Gasteiger partial charge on any atom is 0.246 e. The lowest BCUT2D eigenvalue weighted by Crippen LogP contribution is -2.65. The molecular weight excluding hydrogens is 254 g/mol. The van der Waals surface area contributed by atoms with Crippen molar-refractivity contribution in [3.8, 4) is 0 Å². The van der Waals surface area contributed by atoms with E-state index >= 15 is 0 Å². The van der Waals surface area contributed by atoms with E-state index in [9.17, 15) is 9.90 Å². The van der Waals surface area contributed by atoms with E-state index in [0.717, 1.165) is 17.0 Å². The average Bonchev–Trinajstić information content (AvgIpc) is 2.56. The number of hydrogen-bond acceptors (Lipinski definition) is 3. The summed E-state index contributed by atoms with van der Waals surface area (Å²) in [5.74, 6) is 0.108. The molecule has 2 heterocycles. The third-order valence-corrected chi connectivity index (χ3v) is 4.27. The molecule has 1 saturated heterocycles. The first-order valence-electron chi connectivity index (χ1n) is 6.94. The molecule has 0 radical (unpaired) electrons. The summed E-state index contributed by atoms with van der Waals surface area (Å²) in [6.45, 7) is 8.68. The first-order valence-corrected chi connectivity index (χ1v) is 6.94. The molecule has 0 unspecified atom stereocenters. The molecular formula is C15H23N3O2. The molecule has 0 spiro atoms. The average molecular weight is 277 g/mol. The molecule has 0 aliphatic carbocycles. The molecule has 1 N–H and O–H groups in total. The second-order valence-electron chi connectivity index (χ2n) is 5.99. The SMILES string of the molecule is Cc1nn(C)c(C)c1C=CC(=O)N1CC(O)(C(C)C)C1. The number of rotatable bonds is 3. The number of likely N-dealkylation sites (tertiary alicyclic amines) is 1. The fourth-order valence-corrected chi connectivity index (χ4v) is 2.43. The van der Waals surface area contributed by atoms with Crippen LogP contribution >= 0.6 is 0 Å². The quantitative estimate of drug-likeness (QED) is 0.847. The van der Waals surface area contributed by atoms with Crippen LogP contribution in [0, 0.1) is 19.8 Å². The van der Waals surface area contributed by atoms with Crippen molar-refractivity contribution in [3.63, 3.8) is 0 Å². The molecule has 20 heavy (non-hydrogen) atoms. The molecule has 1 fully saturated rings. The molecule has 2 rings (SSSR count). The van der Waals surface area contributed by atoms with Crippen LogP contribution in [-0.2, 0) is 11.8 Å². The van der Waals surface area contributed by atoms with Gasteiger partial charge in [-0.05, 0) is 25.8 Å². The van der Waals surface area contributed by atoms with Gasteiger partial charge in [-0.15, -0.1) is 0 Å². The molecule has 0 atom stereocenters. The van der Waals surface area contributed by atoms with Gasteiger partial charge in [0.05, 0.1) is 18.8 Å². The second-order valence-corrected chi connectivity index (χ2v) is 5.99. The Hall–Kier alpha value is -1.62. The summed E-state index contributed by atoms with van der Waals surface area (Å²) < 4.78 is 1.81. The third kappa shape index (κ3) is 2.50. The highest BCUT2D eigenvalue weighted by Gasteiger charge is 2.45. The van der Waals surface area contributed by atoms with E-state index in [1.54, 1.807) is 15.7 Å². The van der Waals surface area contributed by atoms with Crippen molar-refractivity contribution in [3.05, 3.63) is 23.0 Å². The van der Waals surface area contributed by atoms with Gasteiger partial charge in [0.15, 0.2) is 0 Å². The zero-order chi connectivity index (χ0) is 15.1. The smallest absolute Gasteiger partial charge is 0.246 e. The Morgan fingerprint density at radius 3 is 2.45 bits per heavy atom. The highest BCUT2D eigenvalue weighted by molar-refractivity contribution is 5.92. The lowest BCUT2D eigenvalue weighted by Gasteiger charge is -2.48. The van der Waals surface area contributed by atoms with E-state index in [2.05, 4.69) is 5.10 Å². The normalized spacial score (nSPS) is 17.9. The van der Waals surface area contributed by atoms with Crippen LogP contribution in [0.25, 0.3) is 6.08 Å². The number of β-amino-alcohol motifs (C(OH)–C–C–N with tert-alkyl or cyclic N) is 1. The lowest BCUT2D eigenvalue weighted by atomic mass is 9.83. The standard InChI is InChI=1S/C15H23N3O2/c1-10(2)15(20)8-18(9-15)14(19)7-6-13-11(3)16-17(5)12(13)4/h6-7,10,20H,8-9H2,1-5H3. The third-order valence-electron chi connectivity index (χ3n) is 4.27. The molecule has 1 aromatic heterocycles. The Morgan fingerprint density at radius 2 is 2.00 bits per heavy atom. The van der Waals surface area contributed by atoms with Gasteiger partial charge in [-0.2, -0.15) is 5.10 Å². The van der Waals surface area contributed by atoms with Crippen LogP contribution < -0.4 is 0 Å². The molecule has 110 valence electrons. The van der Waals surface area contributed by atoms with Gasteiger partial charge >= 0.3 is 0 Å². The van der Waals surface area contributed by atoms with E-state index in [1.165, 1.54) is 0 Å². The molecule has 1 aromatic rings. The number of aromatic nitrogens is 2. The van der Waals surface area contributed by atoms with Gasteiger partial charge in [-0.3, -0.25) is 9.48 Å². The van der Waals surface area contributed by atoms with Crippen LogP contribution in [0.1, 0.15) is 30.8 Å². The predicted octanol–water partition coefficient (Wildman–Crippen LogP) is 1.28. The number of amides is 1. The van der Waals surface area contributed by atoms with Crippen molar-refractivity contribution in [1.82, 2.24) is 14.7 Å². The van der Waals surface area contributed by atoms with Crippen LogP contribution in [0.4, 0.5) is 0 Å². The zero-order valence-electron chi connectivity index (χ0n) is 12.8. The van der Waals surface area contributed by atoms with Gasteiger partial charge in [-0.25, -0.2) is 0 Å². The minimum atomic E-state index is -0.719. The number of hydrogen-bond donors (Lipinski definition) is 1.